The third-order valence-electron chi connectivity index (χ3n) is 9.45. The van der Waals surface area contributed by atoms with E-state index in [2.05, 4.69) is 47.4 Å². The van der Waals surface area contributed by atoms with Crippen molar-refractivity contribution in [3.63, 3.8) is 0 Å². The number of nitrogens with two attached hydrogens (primary N) is 1. The number of carbonyl (C=O) groups is 2. The van der Waals surface area contributed by atoms with E-state index in [0.29, 0.717) is 25.3 Å². The first-order chi connectivity index (χ1) is 22.8. The zero-order valence-corrected chi connectivity index (χ0v) is 31.5. The Hall–Kier alpha value is -1.80. The number of hydrogen-bond donors (Lipinski definition) is 5. The molecule has 0 aromatic rings. The minimum atomic E-state index is -0.273. The van der Waals surface area contributed by atoms with Gasteiger partial charge in [-0.25, -0.2) is 0 Å². The zero-order chi connectivity index (χ0) is 34.8. The van der Waals surface area contributed by atoms with Gasteiger partial charge in [0.25, 0.3) is 11.8 Å². The number of unbranched alkanes of at least 4 members (excludes halogenated alkanes) is 21. The van der Waals surface area contributed by atoms with Gasteiger partial charge in [-0.05, 0) is 32.1 Å². The SMILES string of the molecule is C=C(N)NCCCC([NH3+])C(=O)NCCCCC([NH3+])C(=O)N(CCCCCCCCCCCC)CCCCCCCCCCCCCC. The topological polar surface area (TPSA) is 143 Å². The molecule has 10 N–H and O–H groups in total. The molecular formula is C39H82N6O2+2. The highest BCUT2D eigenvalue weighted by Gasteiger charge is 2.23. The molecule has 8 nitrogen and oxygen atoms in total. The maximum absolute atomic E-state index is 13.5. The van der Waals surface area contributed by atoms with Crippen LogP contribution in [0.2, 0.25) is 0 Å². The monoisotopic (exact) mass is 667 g/mol. The number of nitrogens with zero attached hydrogens (tertiary/aromatic N) is 1. The first-order valence-electron chi connectivity index (χ1n) is 20.2. The summed E-state index contributed by atoms with van der Waals surface area (Å²) in [5.41, 5.74) is 13.8. The highest BCUT2D eigenvalue weighted by atomic mass is 16.2. The van der Waals surface area contributed by atoms with E-state index in [1.165, 1.54) is 128 Å². The zero-order valence-electron chi connectivity index (χ0n) is 31.5. The fraction of sp³-hybridized carbons (Fsp3) is 0.897. The first kappa shape index (κ1) is 45.2. The molecule has 0 aliphatic heterocycles. The minimum absolute atomic E-state index is 0.0103. The van der Waals surface area contributed by atoms with Gasteiger partial charge in [-0.1, -0.05) is 149 Å². The molecule has 0 heterocycles. The summed E-state index contributed by atoms with van der Waals surface area (Å²) in [5, 5.41) is 5.98. The Bertz CT molecular complexity index is 734. The molecule has 2 unspecified atom stereocenters. The van der Waals surface area contributed by atoms with Crippen LogP contribution in [0.1, 0.15) is 187 Å². The van der Waals surface area contributed by atoms with E-state index in [1.54, 1.807) is 0 Å². The standard InChI is InChI=1S/C39H80N6O2/c1-4-6-8-10-12-14-16-17-19-21-23-27-34-45(33-26-22-20-18-15-13-11-9-7-5-2)39(47)37(42)29-24-25-31-44-38(46)36(41)30-28-32-43-35(3)40/h36-37,43H,3-34,40-42H2,1-2H3,(H,44,46)/p+2. The van der Waals surface area contributed by atoms with E-state index in [1.807, 2.05) is 0 Å². The molecule has 0 rings (SSSR count). The lowest BCUT2D eigenvalue weighted by Gasteiger charge is -2.24. The van der Waals surface area contributed by atoms with Gasteiger partial charge in [0, 0.05) is 39.0 Å². The molecule has 2 amide bonds. The summed E-state index contributed by atoms with van der Waals surface area (Å²) in [6.07, 6.45) is 33.1. The molecule has 0 bridgehead atoms. The molecule has 0 saturated carbocycles. The molecule has 278 valence electrons. The lowest BCUT2D eigenvalue weighted by atomic mass is 10.0. The molecule has 2 atom stereocenters. The molecular weight excluding hydrogens is 584 g/mol. The van der Waals surface area contributed by atoms with Crippen LogP contribution >= 0.6 is 0 Å². The van der Waals surface area contributed by atoms with E-state index >= 15 is 0 Å². The number of nitrogens with one attached hydrogen (secondary N) is 2. The van der Waals surface area contributed by atoms with Crippen LogP contribution in [-0.2, 0) is 9.59 Å². The van der Waals surface area contributed by atoms with E-state index in [-0.39, 0.29) is 23.9 Å². The van der Waals surface area contributed by atoms with Gasteiger partial charge in [0.05, 0.1) is 5.82 Å². The molecule has 0 aromatic heterocycles. The molecule has 0 radical (unpaired) electrons. The quantitative estimate of drug-likeness (QED) is 0.0472. The summed E-state index contributed by atoms with van der Waals surface area (Å²) in [6.45, 7) is 11.2. The van der Waals surface area contributed by atoms with Crippen LogP contribution < -0.4 is 27.8 Å². The number of hydrogen-bond acceptors (Lipinski definition) is 4. The fourth-order valence-corrected chi connectivity index (χ4v) is 6.25. The van der Waals surface area contributed by atoms with Crippen LogP contribution in [0.5, 0.6) is 0 Å². The summed E-state index contributed by atoms with van der Waals surface area (Å²) < 4.78 is 0. The predicted octanol–water partition coefficient (Wildman–Crippen LogP) is 6.74. The number of carbonyl (C=O) groups excluding carboxylic acids is 2. The van der Waals surface area contributed by atoms with Crippen LogP contribution in [0.15, 0.2) is 12.4 Å². The van der Waals surface area contributed by atoms with Crippen LogP contribution in [0.4, 0.5) is 0 Å². The second-order valence-corrected chi connectivity index (χ2v) is 14.2. The van der Waals surface area contributed by atoms with Crippen LogP contribution in [0, 0.1) is 0 Å². The summed E-state index contributed by atoms with van der Waals surface area (Å²) in [7, 11) is 0. The molecule has 47 heavy (non-hydrogen) atoms. The minimum Gasteiger partial charge on any atom is -0.386 e. The first-order valence-corrected chi connectivity index (χ1v) is 20.2. The highest BCUT2D eigenvalue weighted by Crippen LogP contribution is 2.14. The van der Waals surface area contributed by atoms with Crippen molar-refractivity contribution in [3.8, 4) is 0 Å². The van der Waals surface area contributed by atoms with E-state index in [9.17, 15) is 9.59 Å². The van der Waals surface area contributed by atoms with Gasteiger partial charge in [-0.15, -0.1) is 0 Å². The van der Waals surface area contributed by atoms with Gasteiger partial charge in [-0.3, -0.25) is 9.59 Å². The van der Waals surface area contributed by atoms with Gasteiger partial charge < -0.3 is 32.7 Å². The molecule has 0 spiro atoms. The Morgan fingerprint density at radius 2 is 0.936 bits per heavy atom. The van der Waals surface area contributed by atoms with E-state index in [0.717, 1.165) is 51.6 Å². The Labute approximate surface area is 291 Å². The summed E-state index contributed by atoms with van der Waals surface area (Å²) in [4.78, 5) is 27.9. The third kappa shape index (κ3) is 30.0. The Morgan fingerprint density at radius 1 is 0.553 bits per heavy atom. The van der Waals surface area contributed by atoms with Crippen molar-refractivity contribution in [1.29, 1.82) is 0 Å². The van der Waals surface area contributed by atoms with Gasteiger partial charge in [0.2, 0.25) is 0 Å². The molecule has 0 aliphatic carbocycles. The van der Waals surface area contributed by atoms with Crippen molar-refractivity contribution < 1.29 is 21.1 Å². The van der Waals surface area contributed by atoms with Crippen molar-refractivity contribution in [2.45, 2.75) is 199 Å². The van der Waals surface area contributed by atoms with Gasteiger partial charge in [-0.2, -0.15) is 0 Å². The van der Waals surface area contributed by atoms with Gasteiger partial charge in [0.1, 0.15) is 0 Å². The molecule has 0 saturated heterocycles. The number of amides is 2. The smallest absolute Gasteiger partial charge is 0.280 e. The van der Waals surface area contributed by atoms with Crippen molar-refractivity contribution in [2.75, 3.05) is 26.2 Å². The van der Waals surface area contributed by atoms with Crippen molar-refractivity contribution in [3.05, 3.63) is 12.4 Å². The number of rotatable bonds is 36. The average Bonchev–Trinajstić information content (AvgIpc) is 3.06. The normalized spacial score (nSPS) is 12.5. The van der Waals surface area contributed by atoms with Crippen molar-refractivity contribution in [1.82, 2.24) is 15.5 Å². The second kappa shape index (κ2) is 34.1. The second-order valence-electron chi connectivity index (χ2n) is 14.2. The molecule has 8 heteroatoms. The largest absolute Gasteiger partial charge is 0.386 e. The maximum atomic E-state index is 13.5. The Morgan fingerprint density at radius 3 is 1.36 bits per heavy atom. The molecule has 0 aromatic carbocycles. The fourth-order valence-electron chi connectivity index (χ4n) is 6.25. The van der Waals surface area contributed by atoms with Crippen molar-refractivity contribution >= 4 is 11.8 Å². The average molecular weight is 667 g/mol. The molecule has 0 fully saturated rings. The summed E-state index contributed by atoms with van der Waals surface area (Å²) in [6, 6.07) is -0.485. The lowest BCUT2D eigenvalue weighted by Crippen LogP contribution is -2.68. The molecule has 0 aliphatic rings. The highest BCUT2D eigenvalue weighted by molar-refractivity contribution is 5.80. The van der Waals surface area contributed by atoms with Crippen LogP contribution in [0.25, 0.3) is 0 Å². The van der Waals surface area contributed by atoms with E-state index < -0.39 is 0 Å². The maximum Gasteiger partial charge on any atom is 0.280 e. The van der Waals surface area contributed by atoms with Gasteiger partial charge in [0.15, 0.2) is 12.1 Å². The third-order valence-corrected chi connectivity index (χ3v) is 9.45. The summed E-state index contributed by atoms with van der Waals surface area (Å²) in [5.74, 6) is 0.659. The lowest BCUT2D eigenvalue weighted by molar-refractivity contribution is -0.407. The van der Waals surface area contributed by atoms with Gasteiger partial charge >= 0.3 is 0 Å². The van der Waals surface area contributed by atoms with Crippen molar-refractivity contribution in [2.24, 2.45) is 5.73 Å². The van der Waals surface area contributed by atoms with Crippen LogP contribution in [0.3, 0.4) is 0 Å². The number of quaternary nitrogens is 2. The van der Waals surface area contributed by atoms with E-state index in [4.69, 9.17) is 5.73 Å². The Kier molecular flexibility index (Phi) is 32.8. The predicted molar refractivity (Wildman–Crippen MR) is 200 cm³/mol. The van der Waals surface area contributed by atoms with Crippen LogP contribution in [-0.4, -0.2) is 55.0 Å². The Balaban J connectivity index is 4.38. The summed E-state index contributed by atoms with van der Waals surface area (Å²) >= 11 is 0.